The van der Waals surface area contributed by atoms with Gasteiger partial charge in [-0.15, -0.1) is 0 Å². The van der Waals surface area contributed by atoms with Crippen molar-refractivity contribution >= 4 is 23.2 Å². The zero-order valence-electron chi connectivity index (χ0n) is 12.8. The lowest BCUT2D eigenvalue weighted by Crippen LogP contribution is -2.12. The second-order valence-corrected chi connectivity index (χ2v) is 5.11. The fourth-order valence-electron chi connectivity index (χ4n) is 2.08. The molecule has 1 N–H and O–H groups in total. The first-order valence-corrected chi connectivity index (χ1v) is 7.28. The van der Waals surface area contributed by atoms with Crippen LogP contribution in [0.2, 0.25) is 5.02 Å². The van der Waals surface area contributed by atoms with Crippen molar-refractivity contribution in [1.82, 2.24) is 0 Å². The highest BCUT2D eigenvalue weighted by Gasteiger charge is 2.15. The number of carbonyl (C=O) groups is 1. The molecule has 0 fully saturated rings. The molecule has 0 aliphatic heterocycles. The lowest BCUT2D eigenvalue weighted by molar-refractivity contribution is 0.102. The Bertz CT molecular complexity index is 668. The predicted octanol–water partition coefficient (Wildman–Crippen LogP) is 4.17. The molecule has 0 bridgehead atoms. The molecule has 0 saturated carbocycles. The fraction of sp³-hybridized carbons (Fsp3) is 0.235. The monoisotopic (exact) mass is 319 g/mol. The number of benzene rings is 2. The molecule has 0 aromatic heterocycles. The third-order valence-electron chi connectivity index (χ3n) is 3.32. The molecule has 0 radical (unpaired) electrons. The number of amides is 1. The molecule has 0 aliphatic rings. The first kappa shape index (κ1) is 16.2. The summed E-state index contributed by atoms with van der Waals surface area (Å²) in [6.45, 7) is 2.08. The zero-order chi connectivity index (χ0) is 16.1. The van der Waals surface area contributed by atoms with Crippen molar-refractivity contribution in [3.8, 4) is 11.5 Å². The maximum Gasteiger partial charge on any atom is 0.255 e. The fourth-order valence-corrected chi connectivity index (χ4v) is 2.36. The maximum atomic E-state index is 12.3. The van der Waals surface area contributed by atoms with Crippen LogP contribution in [0.3, 0.4) is 0 Å². The van der Waals surface area contributed by atoms with E-state index in [2.05, 4.69) is 12.2 Å². The minimum atomic E-state index is -0.257. The lowest BCUT2D eigenvalue weighted by atomic mass is 10.1. The maximum absolute atomic E-state index is 12.3. The molecule has 0 aliphatic carbocycles. The van der Waals surface area contributed by atoms with Crippen molar-refractivity contribution in [2.75, 3.05) is 19.5 Å². The van der Waals surface area contributed by atoms with Gasteiger partial charge in [-0.25, -0.2) is 0 Å². The Labute approximate surface area is 135 Å². The number of aryl methyl sites for hydroxylation is 1. The molecule has 22 heavy (non-hydrogen) atoms. The zero-order valence-corrected chi connectivity index (χ0v) is 13.5. The summed E-state index contributed by atoms with van der Waals surface area (Å²) in [4.78, 5) is 12.3. The number of nitrogens with one attached hydrogen (secondary N) is 1. The Morgan fingerprint density at radius 3 is 2.36 bits per heavy atom. The van der Waals surface area contributed by atoms with Gasteiger partial charge in [-0.1, -0.05) is 30.7 Å². The van der Waals surface area contributed by atoms with Gasteiger partial charge in [0.05, 0.1) is 19.2 Å². The summed E-state index contributed by atoms with van der Waals surface area (Å²) < 4.78 is 10.4. The topological polar surface area (TPSA) is 47.6 Å². The quantitative estimate of drug-likeness (QED) is 0.899. The van der Waals surface area contributed by atoms with Crippen molar-refractivity contribution in [3.05, 3.63) is 52.5 Å². The molecule has 1 amide bonds. The second-order valence-electron chi connectivity index (χ2n) is 4.70. The first-order chi connectivity index (χ1) is 10.6. The van der Waals surface area contributed by atoms with Crippen molar-refractivity contribution in [2.24, 2.45) is 0 Å². The van der Waals surface area contributed by atoms with E-state index in [4.69, 9.17) is 21.1 Å². The number of hydrogen-bond donors (Lipinski definition) is 1. The van der Waals surface area contributed by atoms with Gasteiger partial charge in [-0.05, 0) is 36.2 Å². The van der Waals surface area contributed by atoms with Crippen LogP contribution in [0.4, 0.5) is 5.69 Å². The number of methoxy groups -OCH3 is 2. The molecule has 0 unspecified atom stereocenters. The van der Waals surface area contributed by atoms with E-state index in [-0.39, 0.29) is 5.91 Å². The van der Waals surface area contributed by atoms with Gasteiger partial charge >= 0.3 is 0 Å². The molecule has 0 heterocycles. The van der Waals surface area contributed by atoms with E-state index < -0.39 is 0 Å². The number of ether oxygens (including phenoxy) is 2. The largest absolute Gasteiger partial charge is 0.493 e. The minimum Gasteiger partial charge on any atom is -0.493 e. The molecular weight excluding hydrogens is 302 g/mol. The highest BCUT2D eigenvalue weighted by Crippen LogP contribution is 2.36. The molecular formula is C17H18ClNO3. The third-order valence-corrected chi connectivity index (χ3v) is 3.60. The van der Waals surface area contributed by atoms with E-state index in [0.717, 1.165) is 12.1 Å². The van der Waals surface area contributed by atoms with E-state index in [0.29, 0.717) is 22.1 Å². The van der Waals surface area contributed by atoms with Crippen LogP contribution < -0.4 is 14.8 Å². The molecule has 0 saturated heterocycles. The first-order valence-electron chi connectivity index (χ1n) is 6.90. The summed E-state index contributed by atoms with van der Waals surface area (Å²) in [5.74, 6) is 0.571. The summed E-state index contributed by atoms with van der Waals surface area (Å²) in [5.41, 5.74) is 2.35. The summed E-state index contributed by atoms with van der Waals surface area (Å²) in [6.07, 6.45) is 0.958. The normalized spacial score (nSPS) is 10.2. The van der Waals surface area contributed by atoms with E-state index in [1.54, 1.807) is 12.1 Å². The van der Waals surface area contributed by atoms with Crippen LogP contribution in [0.5, 0.6) is 11.5 Å². The number of carbonyl (C=O) groups excluding carboxylic acids is 1. The van der Waals surface area contributed by atoms with Gasteiger partial charge in [0.1, 0.15) is 0 Å². The molecule has 0 spiro atoms. The van der Waals surface area contributed by atoms with Crippen molar-refractivity contribution < 1.29 is 14.3 Å². The van der Waals surface area contributed by atoms with Crippen molar-refractivity contribution in [3.63, 3.8) is 0 Å². The lowest BCUT2D eigenvalue weighted by Gasteiger charge is -2.12. The summed E-state index contributed by atoms with van der Waals surface area (Å²) in [5, 5.41) is 3.16. The average Bonchev–Trinajstić information content (AvgIpc) is 2.54. The van der Waals surface area contributed by atoms with Crippen LogP contribution >= 0.6 is 11.6 Å². The highest BCUT2D eigenvalue weighted by atomic mass is 35.5. The molecule has 5 heteroatoms. The van der Waals surface area contributed by atoms with Crippen LogP contribution in [-0.4, -0.2) is 20.1 Å². The molecule has 116 valence electrons. The molecule has 2 aromatic carbocycles. The number of hydrogen-bond acceptors (Lipinski definition) is 3. The van der Waals surface area contributed by atoms with Gasteiger partial charge in [-0.2, -0.15) is 0 Å². The third kappa shape index (κ3) is 3.52. The number of anilines is 1. The molecule has 2 aromatic rings. The van der Waals surface area contributed by atoms with Crippen molar-refractivity contribution in [1.29, 1.82) is 0 Å². The SMILES string of the molecule is CCc1ccc(NC(=O)c2cc(Cl)c(OC)c(OC)c2)cc1. The van der Waals surface area contributed by atoms with Gasteiger partial charge in [0.15, 0.2) is 11.5 Å². The molecule has 2 rings (SSSR count). The van der Waals surface area contributed by atoms with Gasteiger partial charge in [0, 0.05) is 11.3 Å². The van der Waals surface area contributed by atoms with Gasteiger partial charge in [-0.3, -0.25) is 4.79 Å². The van der Waals surface area contributed by atoms with Crippen molar-refractivity contribution in [2.45, 2.75) is 13.3 Å². The van der Waals surface area contributed by atoms with E-state index >= 15 is 0 Å². The van der Waals surface area contributed by atoms with Gasteiger partial charge < -0.3 is 14.8 Å². The van der Waals surface area contributed by atoms with Crippen LogP contribution in [0.25, 0.3) is 0 Å². The second kappa shape index (κ2) is 7.18. The summed E-state index contributed by atoms with van der Waals surface area (Å²) >= 11 is 6.12. The van der Waals surface area contributed by atoms with E-state index in [9.17, 15) is 4.79 Å². The Balaban J connectivity index is 2.23. The Hall–Kier alpha value is -2.20. The predicted molar refractivity (Wildman–Crippen MR) is 88.3 cm³/mol. The Kier molecular flexibility index (Phi) is 5.28. The van der Waals surface area contributed by atoms with Crippen LogP contribution in [0, 0.1) is 0 Å². The average molecular weight is 320 g/mol. The highest BCUT2D eigenvalue weighted by molar-refractivity contribution is 6.32. The Morgan fingerprint density at radius 1 is 1.14 bits per heavy atom. The van der Waals surface area contributed by atoms with Gasteiger partial charge in [0.2, 0.25) is 0 Å². The Morgan fingerprint density at radius 2 is 1.82 bits per heavy atom. The van der Waals surface area contributed by atoms with E-state index in [1.165, 1.54) is 19.8 Å². The standard InChI is InChI=1S/C17H18ClNO3/c1-4-11-5-7-13(8-6-11)19-17(20)12-9-14(18)16(22-3)15(10-12)21-2/h5-10H,4H2,1-3H3,(H,19,20). The van der Waals surface area contributed by atoms with E-state index in [1.807, 2.05) is 24.3 Å². The summed E-state index contributed by atoms with van der Waals surface area (Å²) in [7, 11) is 3.00. The van der Waals surface area contributed by atoms with Crippen LogP contribution in [-0.2, 0) is 6.42 Å². The number of rotatable bonds is 5. The molecule has 0 atom stereocenters. The van der Waals surface area contributed by atoms with Gasteiger partial charge in [0.25, 0.3) is 5.91 Å². The minimum absolute atomic E-state index is 0.257. The number of halogens is 1. The van der Waals surface area contributed by atoms with Crippen LogP contribution in [0.1, 0.15) is 22.8 Å². The molecule has 4 nitrogen and oxygen atoms in total. The smallest absolute Gasteiger partial charge is 0.255 e. The summed E-state index contributed by atoms with van der Waals surface area (Å²) in [6, 6.07) is 10.9. The van der Waals surface area contributed by atoms with Crippen LogP contribution in [0.15, 0.2) is 36.4 Å².